The fourth-order valence-corrected chi connectivity index (χ4v) is 2.73. The lowest BCUT2D eigenvalue weighted by Crippen LogP contribution is -2.29. The van der Waals surface area contributed by atoms with Gasteiger partial charge in [0.15, 0.2) is 11.4 Å². The molecule has 0 amide bonds. The van der Waals surface area contributed by atoms with Gasteiger partial charge in [-0.3, -0.25) is 0 Å². The van der Waals surface area contributed by atoms with Crippen molar-refractivity contribution in [3.8, 4) is 11.6 Å². The summed E-state index contributed by atoms with van der Waals surface area (Å²) in [4.78, 5) is 21.4. The number of hydrogen-bond acceptors (Lipinski definition) is 7. The van der Waals surface area contributed by atoms with Gasteiger partial charge in [0.1, 0.15) is 11.6 Å². The van der Waals surface area contributed by atoms with E-state index >= 15 is 0 Å². The topological polar surface area (TPSA) is 82.6 Å². The highest BCUT2D eigenvalue weighted by molar-refractivity contribution is 5.97. The number of allylic oxidation sites excluding steroid dienone is 1. The highest BCUT2D eigenvalue weighted by atomic mass is 16.5. The first-order chi connectivity index (χ1) is 13.1. The fourth-order valence-electron chi connectivity index (χ4n) is 2.73. The summed E-state index contributed by atoms with van der Waals surface area (Å²) in [5.41, 5.74) is 0.831. The first-order valence-corrected chi connectivity index (χ1v) is 8.82. The molecule has 1 fully saturated rings. The Balaban J connectivity index is 2.05. The lowest BCUT2D eigenvalue weighted by atomic mass is 10.1. The molecule has 0 atom stereocenters. The summed E-state index contributed by atoms with van der Waals surface area (Å²) < 4.78 is 16.3. The smallest absolute Gasteiger partial charge is 0.347 e. The van der Waals surface area contributed by atoms with E-state index in [2.05, 4.69) is 21.9 Å². The van der Waals surface area contributed by atoms with E-state index in [0.717, 1.165) is 12.8 Å². The number of rotatable bonds is 6. The molecule has 0 bridgehead atoms. The highest BCUT2D eigenvalue weighted by Gasteiger charge is 2.26. The van der Waals surface area contributed by atoms with Gasteiger partial charge in [-0.25, -0.2) is 9.78 Å². The SMILES string of the molecule is C=C(C)c1nc(NC2CCOCC2)c(C(=O)OC)c(Oc2ccccc2)n1. The molecule has 27 heavy (non-hydrogen) atoms. The van der Waals surface area contributed by atoms with Crippen LogP contribution in [0.2, 0.25) is 0 Å². The van der Waals surface area contributed by atoms with Gasteiger partial charge < -0.3 is 19.5 Å². The molecule has 1 aromatic heterocycles. The number of hydrogen-bond donors (Lipinski definition) is 1. The van der Waals surface area contributed by atoms with Crippen molar-refractivity contribution in [3.63, 3.8) is 0 Å². The summed E-state index contributed by atoms with van der Waals surface area (Å²) in [6, 6.07) is 9.28. The summed E-state index contributed by atoms with van der Waals surface area (Å²) in [6.07, 6.45) is 1.64. The minimum atomic E-state index is -0.566. The van der Waals surface area contributed by atoms with Crippen LogP contribution in [0.1, 0.15) is 35.9 Å². The van der Waals surface area contributed by atoms with Gasteiger partial charge in [0, 0.05) is 19.3 Å². The highest BCUT2D eigenvalue weighted by Crippen LogP contribution is 2.31. The Labute approximate surface area is 158 Å². The van der Waals surface area contributed by atoms with E-state index in [1.54, 1.807) is 19.1 Å². The summed E-state index contributed by atoms with van der Waals surface area (Å²) in [5.74, 6) is 0.918. The van der Waals surface area contributed by atoms with Crippen molar-refractivity contribution in [2.75, 3.05) is 25.6 Å². The molecule has 2 aromatic rings. The van der Waals surface area contributed by atoms with Gasteiger partial charge in [0.05, 0.1) is 7.11 Å². The average Bonchev–Trinajstić information content (AvgIpc) is 2.69. The van der Waals surface area contributed by atoms with Gasteiger partial charge in [0.2, 0.25) is 5.88 Å². The molecule has 7 nitrogen and oxygen atoms in total. The van der Waals surface area contributed by atoms with Crippen molar-refractivity contribution in [2.24, 2.45) is 0 Å². The third-order valence-corrected chi connectivity index (χ3v) is 4.17. The standard InChI is InChI=1S/C20H23N3O4/c1-13(2)17-22-18(21-14-9-11-26-12-10-14)16(20(24)25-3)19(23-17)27-15-7-5-4-6-8-15/h4-8,14H,1,9-12H2,2-3H3,(H,21,22,23). The molecule has 1 N–H and O–H groups in total. The van der Waals surface area contributed by atoms with E-state index in [-0.39, 0.29) is 17.5 Å². The maximum absolute atomic E-state index is 12.5. The number of esters is 1. The van der Waals surface area contributed by atoms with Crippen molar-refractivity contribution < 1.29 is 19.0 Å². The first kappa shape index (κ1) is 18.8. The van der Waals surface area contributed by atoms with E-state index in [9.17, 15) is 4.79 Å². The molecule has 0 unspecified atom stereocenters. The Morgan fingerprint density at radius 1 is 1.22 bits per heavy atom. The third kappa shape index (κ3) is 4.62. The van der Waals surface area contributed by atoms with Crippen LogP contribution in [-0.4, -0.2) is 42.3 Å². The van der Waals surface area contributed by atoms with Crippen molar-refractivity contribution >= 4 is 17.4 Å². The Hall–Kier alpha value is -2.93. The first-order valence-electron chi connectivity index (χ1n) is 8.82. The largest absolute Gasteiger partial charge is 0.465 e. The summed E-state index contributed by atoms with van der Waals surface area (Å²) in [6.45, 7) is 7.04. The monoisotopic (exact) mass is 369 g/mol. The summed E-state index contributed by atoms with van der Waals surface area (Å²) >= 11 is 0. The number of nitrogens with one attached hydrogen (secondary N) is 1. The van der Waals surface area contributed by atoms with Crippen molar-refractivity contribution in [1.82, 2.24) is 9.97 Å². The number of carbonyl (C=O) groups excluding carboxylic acids is 1. The number of aromatic nitrogens is 2. The van der Waals surface area contributed by atoms with E-state index in [1.807, 2.05) is 18.2 Å². The van der Waals surface area contributed by atoms with Gasteiger partial charge in [-0.1, -0.05) is 24.8 Å². The number of para-hydroxylation sites is 1. The second-order valence-electron chi connectivity index (χ2n) is 6.29. The molecule has 0 spiro atoms. The Kier molecular flexibility index (Phi) is 6.03. The number of carbonyl (C=O) groups is 1. The quantitative estimate of drug-likeness (QED) is 0.778. The fraction of sp³-hybridized carbons (Fsp3) is 0.350. The Bertz CT molecular complexity index is 817. The molecule has 3 rings (SSSR count). The zero-order valence-electron chi connectivity index (χ0n) is 15.5. The van der Waals surface area contributed by atoms with E-state index in [0.29, 0.717) is 36.2 Å². The zero-order chi connectivity index (χ0) is 19.2. The van der Waals surface area contributed by atoms with Crippen LogP contribution in [0.15, 0.2) is 36.9 Å². The second-order valence-corrected chi connectivity index (χ2v) is 6.29. The normalized spacial score (nSPS) is 14.4. The second kappa shape index (κ2) is 8.64. The maximum Gasteiger partial charge on any atom is 0.347 e. The number of benzene rings is 1. The summed E-state index contributed by atoms with van der Waals surface area (Å²) in [5, 5.41) is 3.33. The van der Waals surface area contributed by atoms with Gasteiger partial charge in [-0.15, -0.1) is 0 Å². The molecule has 0 radical (unpaired) electrons. The molecule has 142 valence electrons. The zero-order valence-corrected chi connectivity index (χ0v) is 15.5. The lowest BCUT2D eigenvalue weighted by molar-refractivity contribution is 0.0597. The molecule has 7 heteroatoms. The molecule has 1 saturated heterocycles. The molecule has 1 aromatic carbocycles. The predicted molar refractivity (Wildman–Crippen MR) is 102 cm³/mol. The summed E-state index contributed by atoms with van der Waals surface area (Å²) in [7, 11) is 1.32. The third-order valence-electron chi connectivity index (χ3n) is 4.17. The van der Waals surface area contributed by atoms with Crippen LogP contribution in [0, 0.1) is 0 Å². The molecular formula is C20H23N3O4. The Morgan fingerprint density at radius 3 is 2.56 bits per heavy atom. The molecule has 1 aliphatic rings. The van der Waals surface area contributed by atoms with Crippen molar-refractivity contribution in [3.05, 3.63) is 48.3 Å². The minimum absolute atomic E-state index is 0.135. The molecule has 0 saturated carbocycles. The number of nitrogens with zero attached hydrogens (tertiary/aromatic N) is 2. The number of methoxy groups -OCH3 is 1. The lowest BCUT2D eigenvalue weighted by Gasteiger charge is -2.25. The van der Waals surface area contributed by atoms with Crippen LogP contribution in [0.4, 0.5) is 5.82 Å². The van der Waals surface area contributed by atoms with E-state index < -0.39 is 5.97 Å². The van der Waals surface area contributed by atoms with Crippen molar-refractivity contribution in [1.29, 1.82) is 0 Å². The van der Waals surface area contributed by atoms with Crippen molar-refractivity contribution in [2.45, 2.75) is 25.8 Å². The van der Waals surface area contributed by atoms with Gasteiger partial charge >= 0.3 is 5.97 Å². The molecule has 0 aliphatic carbocycles. The number of anilines is 1. The van der Waals surface area contributed by atoms with Gasteiger partial charge in [0.25, 0.3) is 0 Å². The van der Waals surface area contributed by atoms with E-state index in [4.69, 9.17) is 14.2 Å². The van der Waals surface area contributed by atoms with Gasteiger partial charge in [-0.05, 0) is 37.5 Å². The minimum Gasteiger partial charge on any atom is -0.465 e. The maximum atomic E-state index is 12.5. The van der Waals surface area contributed by atoms with Gasteiger partial charge in [-0.2, -0.15) is 4.98 Å². The van der Waals surface area contributed by atoms with Crippen LogP contribution in [0.5, 0.6) is 11.6 Å². The van der Waals surface area contributed by atoms with Crippen LogP contribution in [0.25, 0.3) is 5.57 Å². The Morgan fingerprint density at radius 2 is 1.93 bits per heavy atom. The average molecular weight is 369 g/mol. The van der Waals surface area contributed by atoms with Crippen LogP contribution in [-0.2, 0) is 9.47 Å². The molecular weight excluding hydrogens is 346 g/mol. The van der Waals surface area contributed by atoms with Crippen LogP contribution < -0.4 is 10.1 Å². The van der Waals surface area contributed by atoms with E-state index in [1.165, 1.54) is 7.11 Å². The number of ether oxygens (including phenoxy) is 3. The predicted octanol–water partition coefficient (Wildman–Crippen LogP) is 3.68. The molecule has 1 aliphatic heterocycles. The van der Waals surface area contributed by atoms with Crippen LogP contribution >= 0.6 is 0 Å². The van der Waals surface area contributed by atoms with Crippen LogP contribution in [0.3, 0.4) is 0 Å². The molecule has 2 heterocycles.